The number of carbonyl (C=O) groups excluding carboxylic acids is 1. The second-order valence-corrected chi connectivity index (χ2v) is 6.54. The van der Waals surface area contributed by atoms with E-state index in [2.05, 4.69) is 15.5 Å². The Bertz CT molecular complexity index is 987. The molecule has 0 radical (unpaired) electrons. The summed E-state index contributed by atoms with van der Waals surface area (Å²) in [4.78, 5) is 23.4. The zero-order chi connectivity index (χ0) is 19.6. The zero-order valence-electron chi connectivity index (χ0n) is 15.4. The number of aromatic carboxylic acids is 1. The Balaban J connectivity index is 1.71. The third-order valence-electron chi connectivity index (χ3n) is 4.16. The quantitative estimate of drug-likeness (QED) is 0.696. The predicted molar refractivity (Wildman–Crippen MR) is 99.0 cm³/mol. The summed E-state index contributed by atoms with van der Waals surface area (Å²) in [7, 11) is 1.75. The van der Waals surface area contributed by atoms with Crippen LogP contribution in [-0.2, 0) is 13.6 Å². The molecule has 2 N–H and O–H groups in total. The van der Waals surface area contributed by atoms with Crippen LogP contribution in [0.25, 0.3) is 5.69 Å². The fourth-order valence-corrected chi connectivity index (χ4v) is 2.65. The van der Waals surface area contributed by atoms with Gasteiger partial charge in [-0.15, -0.1) is 0 Å². The molecule has 0 spiro atoms. The lowest BCUT2D eigenvalue weighted by molar-refractivity contribution is 0.0689. The molecule has 0 saturated carbocycles. The van der Waals surface area contributed by atoms with Crippen LogP contribution in [-0.4, -0.2) is 36.5 Å². The molecular weight excluding hydrogens is 346 g/mol. The number of carbonyl (C=O) groups is 2. The number of carboxylic acid groups (broad SMARTS) is 1. The molecule has 0 aliphatic heterocycles. The van der Waals surface area contributed by atoms with Crippen molar-refractivity contribution in [3.63, 3.8) is 0 Å². The molecule has 0 aliphatic carbocycles. The molecule has 140 valence electrons. The molecule has 1 aromatic carbocycles. The standard InChI is InChI=1S/C19H21N5O3/c1-12(2)16-10-17(23(3)21-16)18(25)20-11-13-5-4-6-14(9-13)24-8-7-15(22-24)19(26)27/h4-10,12H,11H2,1-3H3,(H,20,25)(H,26,27). The van der Waals surface area contributed by atoms with Crippen molar-refractivity contribution < 1.29 is 14.7 Å². The van der Waals surface area contributed by atoms with Gasteiger partial charge in [0.05, 0.1) is 11.4 Å². The van der Waals surface area contributed by atoms with Gasteiger partial charge < -0.3 is 10.4 Å². The van der Waals surface area contributed by atoms with Gasteiger partial charge in [0.15, 0.2) is 5.69 Å². The van der Waals surface area contributed by atoms with Gasteiger partial charge in [0.25, 0.3) is 5.91 Å². The first kappa shape index (κ1) is 18.4. The van der Waals surface area contributed by atoms with E-state index in [4.69, 9.17) is 5.11 Å². The van der Waals surface area contributed by atoms with Crippen LogP contribution >= 0.6 is 0 Å². The number of amides is 1. The van der Waals surface area contributed by atoms with Crippen LogP contribution in [0, 0.1) is 0 Å². The third kappa shape index (κ3) is 4.05. The van der Waals surface area contributed by atoms with Crippen molar-refractivity contribution in [2.75, 3.05) is 0 Å². The van der Waals surface area contributed by atoms with Crippen LogP contribution in [0.15, 0.2) is 42.6 Å². The van der Waals surface area contributed by atoms with Gasteiger partial charge in [-0.05, 0) is 35.7 Å². The number of carboxylic acids is 1. The molecule has 0 aliphatic rings. The first-order valence-corrected chi connectivity index (χ1v) is 8.55. The Hall–Kier alpha value is -3.42. The van der Waals surface area contributed by atoms with Crippen LogP contribution in [0.3, 0.4) is 0 Å². The van der Waals surface area contributed by atoms with Crippen molar-refractivity contribution in [2.24, 2.45) is 7.05 Å². The predicted octanol–water partition coefficient (Wildman–Crippen LogP) is 2.36. The molecule has 2 heterocycles. The molecule has 0 unspecified atom stereocenters. The van der Waals surface area contributed by atoms with E-state index in [1.165, 1.54) is 10.7 Å². The molecule has 0 saturated heterocycles. The summed E-state index contributed by atoms with van der Waals surface area (Å²) < 4.78 is 3.07. The van der Waals surface area contributed by atoms with Crippen molar-refractivity contribution >= 4 is 11.9 Å². The monoisotopic (exact) mass is 367 g/mol. The van der Waals surface area contributed by atoms with E-state index in [0.29, 0.717) is 12.2 Å². The lowest BCUT2D eigenvalue weighted by atomic mass is 10.1. The molecular formula is C19H21N5O3. The zero-order valence-corrected chi connectivity index (χ0v) is 15.4. The van der Waals surface area contributed by atoms with Gasteiger partial charge in [0.2, 0.25) is 0 Å². The molecule has 3 aromatic rings. The van der Waals surface area contributed by atoms with Crippen molar-refractivity contribution in [1.82, 2.24) is 24.9 Å². The molecule has 0 fully saturated rings. The van der Waals surface area contributed by atoms with Gasteiger partial charge in [-0.25, -0.2) is 9.48 Å². The van der Waals surface area contributed by atoms with Gasteiger partial charge in [0.1, 0.15) is 5.69 Å². The number of nitrogens with one attached hydrogen (secondary N) is 1. The minimum absolute atomic E-state index is 0.0223. The Labute approximate surface area is 156 Å². The van der Waals surface area contributed by atoms with Gasteiger partial charge in [-0.3, -0.25) is 9.48 Å². The highest BCUT2D eigenvalue weighted by Crippen LogP contribution is 2.14. The largest absolute Gasteiger partial charge is 0.476 e. The number of aromatic nitrogens is 4. The Morgan fingerprint density at radius 1 is 1.19 bits per heavy atom. The first-order chi connectivity index (χ1) is 12.8. The average Bonchev–Trinajstić information content (AvgIpc) is 3.27. The normalized spacial score (nSPS) is 11.0. The maximum absolute atomic E-state index is 12.5. The molecule has 0 atom stereocenters. The second-order valence-electron chi connectivity index (χ2n) is 6.54. The lowest BCUT2D eigenvalue weighted by Gasteiger charge is -2.08. The van der Waals surface area contributed by atoms with Crippen molar-refractivity contribution in [3.8, 4) is 5.69 Å². The van der Waals surface area contributed by atoms with Crippen LogP contribution in [0.2, 0.25) is 0 Å². The summed E-state index contributed by atoms with van der Waals surface area (Å²) in [5.41, 5.74) is 2.95. The maximum Gasteiger partial charge on any atom is 0.356 e. The first-order valence-electron chi connectivity index (χ1n) is 8.55. The SMILES string of the molecule is CC(C)c1cc(C(=O)NCc2cccc(-n3ccc(C(=O)O)n3)c2)n(C)n1. The van der Waals surface area contributed by atoms with Gasteiger partial charge in [-0.2, -0.15) is 10.2 Å². The number of nitrogens with zero attached hydrogens (tertiary/aromatic N) is 4. The summed E-state index contributed by atoms with van der Waals surface area (Å²) in [6.45, 7) is 4.39. The summed E-state index contributed by atoms with van der Waals surface area (Å²) in [6.07, 6.45) is 1.59. The fraction of sp³-hybridized carbons (Fsp3) is 0.263. The molecule has 8 heteroatoms. The Morgan fingerprint density at radius 3 is 2.59 bits per heavy atom. The summed E-state index contributed by atoms with van der Waals surface area (Å²) >= 11 is 0. The third-order valence-corrected chi connectivity index (χ3v) is 4.16. The van der Waals surface area contributed by atoms with Gasteiger partial charge in [-0.1, -0.05) is 26.0 Å². The molecule has 8 nitrogen and oxygen atoms in total. The molecule has 2 aromatic heterocycles. The minimum atomic E-state index is -1.07. The van der Waals surface area contributed by atoms with Gasteiger partial charge >= 0.3 is 5.97 Å². The van der Waals surface area contributed by atoms with Crippen LogP contribution in [0.1, 0.15) is 52.0 Å². The van der Waals surface area contributed by atoms with E-state index < -0.39 is 5.97 Å². The van der Waals surface area contributed by atoms with Crippen LogP contribution in [0.5, 0.6) is 0 Å². The maximum atomic E-state index is 12.5. The number of rotatable bonds is 6. The smallest absolute Gasteiger partial charge is 0.356 e. The molecule has 3 rings (SSSR count). The van der Waals surface area contributed by atoms with Crippen molar-refractivity contribution in [3.05, 3.63) is 65.2 Å². The van der Waals surface area contributed by atoms with E-state index in [9.17, 15) is 9.59 Å². The number of hydrogen-bond acceptors (Lipinski definition) is 4. The van der Waals surface area contributed by atoms with Crippen molar-refractivity contribution in [2.45, 2.75) is 26.3 Å². The fourth-order valence-electron chi connectivity index (χ4n) is 2.65. The minimum Gasteiger partial charge on any atom is -0.476 e. The molecule has 27 heavy (non-hydrogen) atoms. The highest BCUT2D eigenvalue weighted by Gasteiger charge is 2.15. The highest BCUT2D eigenvalue weighted by molar-refractivity contribution is 5.92. The highest BCUT2D eigenvalue weighted by atomic mass is 16.4. The summed E-state index contributed by atoms with van der Waals surface area (Å²) in [5.74, 6) is -1.03. The van der Waals surface area contributed by atoms with Gasteiger partial charge in [0, 0.05) is 19.8 Å². The van der Waals surface area contributed by atoms with Crippen molar-refractivity contribution in [1.29, 1.82) is 0 Å². The second kappa shape index (κ2) is 7.45. The average molecular weight is 367 g/mol. The van der Waals surface area contributed by atoms with Crippen LogP contribution in [0.4, 0.5) is 0 Å². The van der Waals surface area contributed by atoms with E-state index in [1.807, 2.05) is 38.1 Å². The molecule has 0 bridgehead atoms. The topological polar surface area (TPSA) is 102 Å². The number of hydrogen-bond donors (Lipinski definition) is 2. The lowest BCUT2D eigenvalue weighted by Crippen LogP contribution is -2.25. The molecule has 1 amide bonds. The van der Waals surface area contributed by atoms with E-state index in [0.717, 1.165) is 16.9 Å². The number of aryl methyl sites for hydroxylation is 1. The Morgan fingerprint density at radius 2 is 1.96 bits per heavy atom. The summed E-state index contributed by atoms with van der Waals surface area (Å²) in [5, 5.41) is 20.2. The van der Waals surface area contributed by atoms with E-state index in [1.54, 1.807) is 24.0 Å². The van der Waals surface area contributed by atoms with E-state index >= 15 is 0 Å². The van der Waals surface area contributed by atoms with E-state index in [-0.39, 0.29) is 17.5 Å². The number of benzene rings is 1. The summed E-state index contributed by atoms with van der Waals surface area (Å²) in [6, 6.07) is 10.6. The van der Waals surface area contributed by atoms with Crippen LogP contribution < -0.4 is 5.32 Å². The Kier molecular flexibility index (Phi) is 5.07.